The molecule has 2 aromatic rings. The van der Waals surface area contributed by atoms with Crippen molar-refractivity contribution in [2.45, 2.75) is 39.3 Å². The highest BCUT2D eigenvalue weighted by atomic mass is 15.2. The van der Waals surface area contributed by atoms with Crippen LogP contribution < -0.4 is 0 Å². The third kappa shape index (κ3) is 2.08. The summed E-state index contributed by atoms with van der Waals surface area (Å²) in [6.07, 6.45) is 4.17. The van der Waals surface area contributed by atoms with E-state index in [1.807, 2.05) is 6.92 Å². The summed E-state index contributed by atoms with van der Waals surface area (Å²) in [5.41, 5.74) is 15.3. The number of benzene rings is 1. The minimum Gasteiger partial charge on any atom is -0.347 e. The number of rotatable bonds is 4. The molecule has 0 radical (unpaired) electrons. The van der Waals surface area contributed by atoms with E-state index in [9.17, 15) is 0 Å². The first-order valence-corrected chi connectivity index (χ1v) is 7.07. The number of aromatic nitrogens is 1. The van der Waals surface area contributed by atoms with Gasteiger partial charge in [-0.1, -0.05) is 31.1 Å². The van der Waals surface area contributed by atoms with Gasteiger partial charge in [0.05, 0.1) is 11.7 Å². The summed E-state index contributed by atoms with van der Waals surface area (Å²) in [6, 6.07) is 8.92. The second-order valence-electron chi connectivity index (χ2n) is 5.42. The molecule has 0 saturated heterocycles. The Morgan fingerprint density at radius 1 is 1.35 bits per heavy atom. The Hall–Kier alpha value is -2.19. The molecular weight excluding hydrogens is 248 g/mol. The zero-order valence-electron chi connectivity index (χ0n) is 11.9. The summed E-state index contributed by atoms with van der Waals surface area (Å²) in [6.45, 7) is 4.86. The molecule has 0 bridgehead atoms. The van der Waals surface area contributed by atoms with Crippen molar-refractivity contribution < 1.29 is 0 Å². The van der Waals surface area contributed by atoms with E-state index in [4.69, 9.17) is 5.53 Å². The van der Waals surface area contributed by atoms with Crippen molar-refractivity contribution in [2.24, 2.45) is 5.11 Å². The smallest absolute Gasteiger partial charge is 0.0525 e. The van der Waals surface area contributed by atoms with Crippen LogP contribution in [-0.4, -0.2) is 10.6 Å². The Morgan fingerprint density at radius 2 is 2.20 bits per heavy atom. The van der Waals surface area contributed by atoms with Gasteiger partial charge in [0, 0.05) is 29.6 Å². The molecule has 1 aliphatic carbocycles. The largest absolute Gasteiger partial charge is 0.347 e. The van der Waals surface area contributed by atoms with Gasteiger partial charge in [0.15, 0.2) is 0 Å². The van der Waals surface area contributed by atoms with E-state index < -0.39 is 0 Å². The zero-order valence-corrected chi connectivity index (χ0v) is 11.9. The normalized spacial score (nSPS) is 13.5. The van der Waals surface area contributed by atoms with Gasteiger partial charge in [-0.25, -0.2) is 0 Å². The molecule has 4 heteroatoms. The van der Waals surface area contributed by atoms with Crippen LogP contribution in [0, 0.1) is 0 Å². The van der Waals surface area contributed by atoms with Crippen LogP contribution in [0.15, 0.2) is 35.6 Å². The summed E-state index contributed by atoms with van der Waals surface area (Å²) in [5, 5.41) is 3.77. The number of hydrogen-bond acceptors (Lipinski definition) is 1. The van der Waals surface area contributed by atoms with Crippen LogP contribution in [-0.2, 0) is 19.4 Å². The van der Waals surface area contributed by atoms with Crippen LogP contribution in [0.1, 0.15) is 30.5 Å². The van der Waals surface area contributed by atoms with Gasteiger partial charge in [-0.05, 0) is 40.8 Å². The van der Waals surface area contributed by atoms with E-state index >= 15 is 0 Å². The maximum atomic E-state index is 8.53. The molecule has 1 atom stereocenters. The van der Waals surface area contributed by atoms with Gasteiger partial charge in [0.2, 0.25) is 0 Å². The van der Waals surface area contributed by atoms with Crippen LogP contribution in [0.4, 0.5) is 0 Å². The fourth-order valence-corrected chi connectivity index (χ4v) is 2.97. The number of fused-ring (bicyclic) bond motifs is 3. The summed E-state index contributed by atoms with van der Waals surface area (Å²) >= 11 is 0. The molecule has 20 heavy (non-hydrogen) atoms. The lowest BCUT2D eigenvalue weighted by Gasteiger charge is -2.12. The van der Waals surface area contributed by atoms with Crippen molar-refractivity contribution in [3.8, 4) is 11.3 Å². The van der Waals surface area contributed by atoms with Gasteiger partial charge in [-0.15, -0.1) is 0 Å². The van der Waals surface area contributed by atoms with Gasteiger partial charge in [-0.2, -0.15) is 0 Å². The monoisotopic (exact) mass is 266 g/mol. The summed E-state index contributed by atoms with van der Waals surface area (Å²) < 4.78 is 2.22. The Balaban J connectivity index is 2.01. The quantitative estimate of drug-likeness (QED) is 0.383. The molecule has 102 valence electrons. The molecule has 4 nitrogen and oxygen atoms in total. The summed E-state index contributed by atoms with van der Waals surface area (Å²) in [5.74, 6) is 0. The topological polar surface area (TPSA) is 53.7 Å². The average molecular weight is 266 g/mol. The van der Waals surface area contributed by atoms with Gasteiger partial charge in [0.25, 0.3) is 0 Å². The van der Waals surface area contributed by atoms with Gasteiger partial charge in [-0.3, -0.25) is 0 Å². The first-order chi connectivity index (χ1) is 9.72. The third-order valence-electron chi connectivity index (χ3n) is 3.98. The highest BCUT2D eigenvalue weighted by Crippen LogP contribution is 2.38. The van der Waals surface area contributed by atoms with Gasteiger partial charge < -0.3 is 4.57 Å². The number of hydrogen-bond donors (Lipinski definition) is 0. The molecule has 0 saturated carbocycles. The zero-order chi connectivity index (χ0) is 14.1. The van der Waals surface area contributed by atoms with E-state index in [0.717, 1.165) is 19.4 Å². The lowest BCUT2D eigenvalue weighted by molar-refractivity contribution is 0.594. The van der Waals surface area contributed by atoms with E-state index in [0.29, 0.717) is 0 Å². The average Bonchev–Trinajstić information content (AvgIpc) is 2.98. The number of aryl methyl sites for hydroxylation is 1. The van der Waals surface area contributed by atoms with E-state index in [2.05, 4.69) is 52.0 Å². The highest BCUT2D eigenvalue weighted by Gasteiger charge is 2.22. The predicted molar refractivity (Wildman–Crippen MR) is 80.7 cm³/mol. The van der Waals surface area contributed by atoms with E-state index in [-0.39, 0.29) is 6.04 Å². The summed E-state index contributed by atoms with van der Waals surface area (Å²) in [7, 11) is 0. The molecule has 0 spiro atoms. The Bertz CT molecular complexity index is 692. The molecule has 1 heterocycles. The first-order valence-electron chi connectivity index (χ1n) is 7.07. The molecular formula is C16H18N4. The van der Waals surface area contributed by atoms with E-state index in [1.165, 1.54) is 27.9 Å². The fourth-order valence-electron chi connectivity index (χ4n) is 2.97. The number of azide groups is 1. The molecule has 0 aliphatic heterocycles. The lowest BCUT2D eigenvalue weighted by atomic mass is 10.0. The minimum absolute atomic E-state index is 0.0325. The Labute approximate surface area is 118 Å². The van der Waals surface area contributed by atoms with Crippen LogP contribution in [0.2, 0.25) is 0 Å². The second-order valence-corrected chi connectivity index (χ2v) is 5.42. The minimum atomic E-state index is -0.0325. The molecule has 0 fully saturated rings. The predicted octanol–water partition coefficient (Wildman–Crippen LogP) is 4.32. The van der Waals surface area contributed by atoms with Crippen molar-refractivity contribution >= 4 is 0 Å². The standard InChI is InChI=1S/C16H18N4/c1-3-12-4-5-13-9-14-6-7-20(10-11(2)18-19-17)16(14)15(13)8-12/h4-8,11H,3,9-10H2,1-2H3. The molecule has 0 N–H and O–H groups in total. The molecule has 1 aliphatic rings. The lowest BCUT2D eigenvalue weighted by Crippen LogP contribution is -2.09. The molecule has 1 aromatic carbocycles. The molecule has 0 amide bonds. The highest BCUT2D eigenvalue weighted by molar-refractivity contribution is 5.75. The number of nitrogens with zero attached hydrogens (tertiary/aromatic N) is 4. The first kappa shape index (κ1) is 12.8. The van der Waals surface area contributed by atoms with Crippen LogP contribution >= 0.6 is 0 Å². The summed E-state index contributed by atoms with van der Waals surface area (Å²) in [4.78, 5) is 2.89. The maximum absolute atomic E-state index is 8.53. The van der Waals surface area contributed by atoms with Gasteiger partial charge >= 0.3 is 0 Å². The molecule has 1 unspecified atom stereocenters. The third-order valence-corrected chi connectivity index (χ3v) is 3.98. The van der Waals surface area contributed by atoms with Crippen molar-refractivity contribution in [3.05, 3.63) is 57.6 Å². The van der Waals surface area contributed by atoms with E-state index in [1.54, 1.807) is 0 Å². The van der Waals surface area contributed by atoms with Crippen LogP contribution in [0.25, 0.3) is 21.7 Å². The van der Waals surface area contributed by atoms with Crippen LogP contribution in [0.3, 0.4) is 0 Å². The fraction of sp³-hybridized carbons (Fsp3) is 0.375. The van der Waals surface area contributed by atoms with Crippen LogP contribution in [0.5, 0.6) is 0 Å². The van der Waals surface area contributed by atoms with Crippen molar-refractivity contribution in [2.75, 3.05) is 0 Å². The van der Waals surface area contributed by atoms with Gasteiger partial charge in [0.1, 0.15) is 0 Å². The van der Waals surface area contributed by atoms with Crippen molar-refractivity contribution in [1.82, 2.24) is 4.57 Å². The Morgan fingerprint density at radius 3 is 2.95 bits per heavy atom. The molecule has 1 aromatic heterocycles. The van der Waals surface area contributed by atoms with Crippen molar-refractivity contribution in [3.63, 3.8) is 0 Å². The maximum Gasteiger partial charge on any atom is 0.0525 e. The second kappa shape index (κ2) is 5.06. The molecule has 3 rings (SSSR count). The SMILES string of the molecule is CCc1ccc2c(c1)-c1c(ccn1CC(C)N=[N+]=[N-])C2. The van der Waals surface area contributed by atoms with Crippen molar-refractivity contribution in [1.29, 1.82) is 0 Å². The Kier molecular flexibility index (Phi) is 3.25.